The fourth-order valence-corrected chi connectivity index (χ4v) is 2.70. The molecule has 20 heavy (non-hydrogen) atoms. The van der Waals surface area contributed by atoms with Gasteiger partial charge in [-0.25, -0.2) is 4.68 Å². The van der Waals surface area contributed by atoms with Crippen molar-refractivity contribution < 1.29 is 0 Å². The first-order valence-electron chi connectivity index (χ1n) is 7.44. The normalized spacial score (nSPS) is 16.3. The molecule has 1 aliphatic rings. The van der Waals surface area contributed by atoms with Gasteiger partial charge in [0.25, 0.3) is 5.56 Å². The SMILES string of the molecule is CCCn1ncc(NCCN2CCCCC2)c(Cl)c1=O. The molecule has 5 nitrogen and oxygen atoms in total. The maximum absolute atomic E-state index is 12.0. The lowest BCUT2D eigenvalue weighted by Crippen LogP contribution is -2.34. The van der Waals surface area contributed by atoms with Crippen molar-refractivity contribution >= 4 is 17.3 Å². The average Bonchev–Trinajstić information content (AvgIpc) is 2.48. The molecule has 1 aromatic rings. The third-order valence-electron chi connectivity index (χ3n) is 3.61. The lowest BCUT2D eigenvalue weighted by Gasteiger charge is -2.26. The summed E-state index contributed by atoms with van der Waals surface area (Å²) in [5.41, 5.74) is 0.428. The molecule has 0 bridgehead atoms. The van der Waals surface area contributed by atoms with E-state index in [1.54, 1.807) is 6.20 Å². The zero-order chi connectivity index (χ0) is 14.4. The first-order chi connectivity index (χ1) is 9.72. The van der Waals surface area contributed by atoms with Gasteiger partial charge in [0.05, 0.1) is 11.9 Å². The molecule has 1 aromatic heterocycles. The Hall–Kier alpha value is -1.07. The smallest absolute Gasteiger partial charge is 0.287 e. The van der Waals surface area contributed by atoms with Crippen LogP contribution in [0, 0.1) is 0 Å². The summed E-state index contributed by atoms with van der Waals surface area (Å²) in [4.78, 5) is 14.4. The molecule has 1 fully saturated rings. The van der Waals surface area contributed by atoms with Gasteiger partial charge in [-0.05, 0) is 32.4 Å². The standard InChI is InChI=1S/C14H23ClN4O/c1-2-7-19-14(20)13(15)12(11-17-19)16-6-10-18-8-4-3-5-9-18/h11,16H,2-10H2,1H3. The predicted molar refractivity (Wildman–Crippen MR) is 82.6 cm³/mol. The van der Waals surface area contributed by atoms with Crippen LogP contribution in [0.4, 0.5) is 5.69 Å². The van der Waals surface area contributed by atoms with Gasteiger partial charge in [-0.1, -0.05) is 24.9 Å². The number of aryl methyl sites for hydroxylation is 1. The van der Waals surface area contributed by atoms with E-state index in [1.165, 1.54) is 37.0 Å². The largest absolute Gasteiger partial charge is 0.381 e. The second-order valence-corrected chi connectivity index (χ2v) is 5.61. The van der Waals surface area contributed by atoms with Gasteiger partial charge in [-0.15, -0.1) is 0 Å². The molecule has 1 saturated heterocycles. The molecule has 0 unspecified atom stereocenters. The molecule has 1 aliphatic heterocycles. The van der Waals surface area contributed by atoms with Gasteiger partial charge < -0.3 is 10.2 Å². The second kappa shape index (κ2) is 7.64. The number of likely N-dealkylation sites (tertiary alicyclic amines) is 1. The lowest BCUT2D eigenvalue weighted by atomic mass is 10.1. The second-order valence-electron chi connectivity index (χ2n) is 5.23. The maximum Gasteiger partial charge on any atom is 0.287 e. The first kappa shape index (κ1) is 15.3. The van der Waals surface area contributed by atoms with E-state index >= 15 is 0 Å². The minimum absolute atomic E-state index is 0.212. The van der Waals surface area contributed by atoms with Gasteiger partial charge >= 0.3 is 0 Å². The molecule has 0 atom stereocenters. The zero-order valence-electron chi connectivity index (χ0n) is 12.1. The Kier molecular flexibility index (Phi) is 5.86. The molecule has 1 N–H and O–H groups in total. The fraction of sp³-hybridized carbons (Fsp3) is 0.714. The molecule has 0 amide bonds. The van der Waals surface area contributed by atoms with E-state index < -0.39 is 0 Å². The molecule has 2 heterocycles. The van der Waals surface area contributed by atoms with Crippen LogP contribution < -0.4 is 10.9 Å². The Morgan fingerprint density at radius 1 is 1.30 bits per heavy atom. The van der Waals surface area contributed by atoms with Crippen molar-refractivity contribution in [3.8, 4) is 0 Å². The van der Waals surface area contributed by atoms with Gasteiger partial charge in [-0.2, -0.15) is 5.10 Å². The highest BCUT2D eigenvalue weighted by Crippen LogP contribution is 2.15. The molecule has 0 aliphatic carbocycles. The highest BCUT2D eigenvalue weighted by Gasteiger charge is 2.11. The van der Waals surface area contributed by atoms with Crippen LogP contribution in [0.25, 0.3) is 0 Å². The van der Waals surface area contributed by atoms with Gasteiger partial charge in [0, 0.05) is 19.6 Å². The topological polar surface area (TPSA) is 50.2 Å². The van der Waals surface area contributed by atoms with Crippen molar-refractivity contribution in [1.82, 2.24) is 14.7 Å². The number of nitrogens with zero attached hydrogens (tertiary/aromatic N) is 3. The number of aromatic nitrogens is 2. The maximum atomic E-state index is 12.0. The lowest BCUT2D eigenvalue weighted by molar-refractivity contribution is 0.237. The van der Waals surface area contributed by atoms with Gasteiger partial charge in [0.15, 0.2) is 0 Å². The number of halogens is 1. The van der Waals surface area contributed by atoms with Gasteiger partial charge in [0.1, 0.15) is 5.02 Å². The van der Waals surface area contributed by atoms with Crippen LogP contribution >= 0.6 is 11.6 Å². The summed E-state index contributed by atoms with van der Waals surface area (Å²) in [5.74, 6) is 0. The van der Waals surface area contributed by atoms with Crippen LogP contribution in [-0.2, 0) is 6.54 Å². The van der Waals surface area contributed by atoms with Crippen molar-refractivity contribution in [3.05, 3.63) is 21.6 Å². The Bertz CT molecular complexity index is 483. The number of piperidine rings is 1. The van der Waals surface area contributed by atoms with E-state index in [0.717, 1.165) is 19.5 Å². The Labute approximate surface area is 124 Å². The fourth-order valence-electron chi connectivity index (χ4n) is 2.49. The third-order valence-corrected chi connectivity index (χ3v) is 3.98. The highest BCUT2D eigenvalue weighted by atomic mass is 35.5. The summed E-state index contributed by atoms with van der Waals surface area (Å²) >= 11 is 6.11. The summed E-state index contributed by atoms with van der Waals surface area (Å²) in [7, 11) is 0. The average molecular weight is 299 g/mol. The summed E-state index contributed by atoms with van der Waals surface area (Å²) < 4.78 is 1.41. The van der Waals surface area contributed by atoms with Crippen LogP contribution in [0.1, 0.15) is 32.6 Å². The highest BCUT2D eigenvalue weighted by molar-refractivity contribution is 6.32. The first-order valence-corrected chi connectivity index (χ1v) is 7.82. The van der Waals surface area contributed by atoms with Crippen LogP contribution in [0.15, 0.2) is 11.0 Å². The number of hydrogen-bond acceptors (Lipinski definition) is 4. The van der Waals surface area contributed by atoms with E-state index in [4.69, 9.17) is 11.6 Å². The third kappa shape index (κ3) is 3.96. The number of anilines is 1. The molecule has 0 radical (unpaired) electrons. The Morgan fingerprint density at radius 2 is 2.05 bits per heavy atom. The summed E-state index contributed by atoms with van der Waals surface area (Å²) in [5, 5.41) is 7.60. The van der Waals surface area contributed by atoms with Crippen molar-refractivity contribution in [2.75, 3.05) is 31.5 Å². The molecule has 0 aromatic carbocycles. The quantitative estimate of drug-likeness (QED) is 0.875. The molecule has 0 saturated carbocycles. The van der Waals surface area contributed by atoms with Crippen LogP contribution in [0.2, 0.25) is 5.02 Å². The molecular formula is C14H23ClN4O. The van der Waals surface area contributed by atoms with Crippen LogP contribution in [0.3, 0.4) is 0 Å². The number of nitrogens with one attached hydrogen (secondary N) is 1. The monoisotopic (exact) mass is 298 g/mol. The van der Waals surface area contributed by atoms with Crippen molar-refractivity contribution in [3.63, 3.8) is 0 Å². The van der Waals surface area contributed by atoms with Crippen LogP contribution in [-0.4, -0.2) is 40.9 Å². The number of hydrogen-bond donors (Lipinski definition) is 1. The Morgan fingerprint density at radius 3 is 2.75 bits per heavy atom. The van der Waals surface area contributed by atoms with Crippen LogP contribution in [0.5, 0.6) is 0 Å². The molecule has 2 rings (SSSR count). The Balaban J connectivity index is 1.89. The van der Waals surface area contributed by atoms with Crippen molar-refractivity contribution in [1.29, 1.82) is 0 Å². The summed E-state index contributed by atoms with van der Waals surface area (Å²) in [6.45, 7) is 6.73. The van der Waals surface area contributed by atoms with Gasteiger partial charge in [-0.3, -0.25) is 4.79 Å². The summed E-state index contributed by atoms with van der Waals surface area (Å²) in [6.07, 6.45) is 6.43. The van der Waals surface area contributed by atoms with E-state index in [0.29, 0.717) is 12.2 Å². The summed E-state index contributed by atoms with van der Waals surface area (Å²) in [6, 6.07) is 0. The van der Waals surface area contributed by atoms with E-state index in [9.17, 15) is 4.79 Å². The minimum Gasteiger partial charge on any atom is -0.381 e. The minimum atomic E-state index is -0.212. The van der Waals surface area contributed by atoms with E-state index in [1.807, 2.05) is 6.92 Å². The predicted octanol–water partition coefficient (Wildman–Crippen LogP) is 2.20. The number of rotatable bonds is 6. The molecular weight excluding hydrogens is 276 g/mol. The molecule has 112 valence electrons. The zero-order valence-corrected chi connectivity index (χ0v) is 12.8. The van der Waals surface area contributed by atoms with E-state index in [2.05, 4.69) is 15.3 Å². The van der Waals surface area contributed by atoms with Crippen molar-refractivity contribution in [2.45, 2.75) is 39.2 Å². The van der Waals surface area contributed by atoms with Gasteiger partial charge in [0.2, 0.25) is 0 Å². The molecule has 0 spiro atoms. The molecule has 6 heteroatoms. The van der Waals surface area contributed by atoms with Crippen molar-refractivity contribution in [2.24, 2.45) is 0 Å². The van der Waals surface area contributed by atoms with E-state index in [-0.39, 0.29) is 10.6 Å².